The maximum absolute atomic E-state index is 13.3. The number of piperidine rings is 1. The maximum Gasteiger partial charge on any atom is 0.353 e. The average molecular weight is 670 g/mol. The number of esters is 3. The van der Waals surface area contributed by atoms with E-state index in [0.717, 1.165) is 11.1 Å². The lowest BCUT2D eigenvalue weighted by atomic mass is 9.50. The van der Waals surface area contributed by atoms with Crippen LogP contribution in [0.2, 0.25) is 0 Å². The van der Waals surface area contributed by atoms with E-state index in [-0.39, 0.29) is 40.8 Å². The number of carbonyl (C=O) groups is 4. The average Bonchev–Trinajstić information content (AvgIpc) is 3.46. The number of hydrogen-bond acceptors (Lipinski definition) is 11. The van der Waals surface area contributed by atoms with E-state index < -0.39 is 66.0 Å². The minimum atomic E-state index is -1.64. The van der Waals surface area contributed by atoms with Crippen LogP contribution < -0.4 is 4.74 Å². The van der Waals surface area contributed by atoms with E-state index in [1.54, 1.807) is 48.5 Å². The van der Waals surface area contributed by atoms with Crippen molar-refractivity contribution in [3.05, 3.63) is 107 Å². The molecule has 3 aromatic rings. The van der Waals surface area contributed by atoms with Crippen LogP contribution in [-0.4, -0.2) is 75.4 Å². The Morgan fingerprint density at radius 1 is 0.918 bits per heavy atom. The predicted octanol–water partition coefficient (Wildman–Crippen LogP) is 3.65. The number of benzene rings is 3. The molecule has 7 rings (SSSR count). The first-order valence-corrected chi connectivity index (χ1v) is 16.1. The molecule has 3 N–H and O–H groups in total. The van der Waals surface area contributed by atoms with E-state index >= 15 is 0 Å². The van der Waals surface area contributed by atoms with E-state index in [1.165, 1.54) is 24.3 Å². The van der Waals surface area contributed by atoms with Crippen LogP contribution in [0, 0.1) is 0 Å². The second-order valence-electron chi connectivity index (χ2n) is 12.9. The van der Waals surface area contributed by atoms with Crippen LogP contribution in [0.3, 0.4) is 0 Å². The molecule has 12 nitrogen and oxygen atoms in total. The second kappa shape index (κ2) is 12.4. The number of phenols is 1. The van der Waals surface area contributed by atoms with Crippen molar-refractivity contribution in [2.45, 2.75) is 67.5 Å². The molecule has 0 amide bonds. The van der Waals surface area contributed by atoms with Gasteiger partial charge in [0, 0.05) is 29.2 Å². The van der Waals surface area contributed by atoms with Crippen LogP contribution >= 0.6 is 0 Å². The van der Waals surface area contributed by atoms with Gasteiger partial charge < -0.3 is 39.2 Å². The summed E-state index contributed by atoms with van der Waals surface area (Å²) in [6.07, 6.45) is -2.03. The van der Waals surface area contributed by atoms with Crippen molar-refractivity contribution in [1.82, 2.24) is 4.90 Å². The van der Waals surface area contributed by atoms with E-state index in [9.17, 15) is 34.5 Å². The fourth-order valence-electron chi connectivity index (χ4n) is 7.96. The second-order valence-corrected chi connectivity index (χ2v) is 12.9. The van der Waals surface area contributed by atoms with Gasteiger partial charge in [-0.05, 0) is 44.1 Å². The van der Waals surface area contributed by atoms with Gasteiger partial charge in [-0.2, -0.15) is 0 Å². The predicted molar refractivity (Wildman–Crippen MR) is 170 cm³/mol. The van der Waals surface area contributed by atoms with Gasteiger partial charge in [0.2, 0.25) is 12.2 Å². The highest BCUT2D eigenvalue weighted by atomic mass is 16.6. The Morgan fingerprint density at radius 3 is 2.24 bits per heavy atom. The molecule has 0 aromatic heterocycles. The summed E-state index contributed by atoms with van der Waals surface area (Å²) in [6.45, 7) is 0.665. The Bertz CT molecular complexity index is 1840. The fraction of sp³-hybridized carbons (Fsp3) is 0.351. The number of nitrogens with zero attached hydrogens (tertiary/aromatic N) is 1. The fourth-order valence-corrected chi connectivity index (χ4v) is 7.96. The van der Waals surface area contributed by atoms with Crippen LogP contribution in [-0.2, 0) is 45.2 Å². The van der Waals surface area contributed by atoms with Crippen LogP contribution in [0.25, 0.3) is 0 Å². The van der Waals surface area contributed by atoms with Crippen molar-refractivity contribution in [2.24, 2.45) is 0 Å². The van der Waals surface area contributed by atoms with Gasteiger partial charge >= 0.3 is 23.9 Å². The first-order valence-electron chi connectivity index (χ1n) is 16.1. The van der Waals surface area contributed by atoms with Crippen molar-refractivity contribution >= 4 is 23.9 Å². The van der Waals surface area contributed by atoms with Crippen molar-refractivity contribution in [2.75, 3.05) is 13.6 Å². The molecule has 3 aromatic carbocycles. The number of aliphatic carboxylic acids is 1. The summed E-state index contributed by atoms with van der Waals surface area (Å²) < 4.78 is 22.9. The smallest absolute Gasteiger partial charge is 0.353 e. The van der Waals surface area contributed by atoms with Crippen molar-refractivity contribution < 1.29 is 53.4 Å². The molecule has 1 saturated heterocycles. The molecule has 49 heavy (non-hydrogen) atoms. The number of carboxylic acid groups (broad SMARTS) is 1. The zero-order valence-corrected chi connectivity index (χ0v) is 26.6. The van der Waals surface area contributed by atoms with E-state index in [0.29, 0.717) is 19.4 Å². The van der Waals surface area contributed by atoms with Crippen LogP contribution in [0.4, 0.5) is 0 Å². The number of aliphatic hydroxyl groups is 1. The number of likely N-dealkylation sites (N-methyl/N-ethyl adjacent to an activating group) is 1. The number of aromatic hydroxyl groups is 1. The standard InChI is InChI=1S/C37H35NO11/c1-38-19-18-36-29-23-12-13-24(39)32(29)48-33(36)25(16-17-37(36,45)26(38)20-23)46-27(40)14-15-28(41)47-31(22-10-6-3-7-11-22)35(44)49-30(34(42)43)21-8-4-2-5-9-21/h2-13,16,26,30-31,33,39,45H,14-15,17-20H2,1H3,(H,42,43)/t26-,30-,31-,33-,36-,37+/m0/s1. The third-order valence-electron chi connectivity index (χ3n) is 10.2. The summed E-state index contributed by atoms with van der Waals surface area (Å²) in [5, 5.41) is 32.7. The largest absolute Gasteiger partial charge is 0.504 e. The van der Waals surface area contributed by atoms with Gasteiger partial charge in [0.1, 0.15) is 5.76 Å². The van der Waals surface area contributed by atoms with Gasteiger partial charge in [-0.25, -0.2) is 9.59 Å². The van der Waals surface area contributed by atoms with Gasteiger partial charge in [0.05, 0.1) is 23.9 Å². The number of carbonyl (C=O) groups excluding carboxylic acids is 3. The molecule has 4 aliphatic rings. The molecule has 2 bridgehead atoms. The third-order valence-corrected chi connectivity index (χ3v) is 10.2. The summed E-state index contributed by atoms with van der Waals surface area (Å²) in [5.41, 5.74) is 0.0414. The lowest BCUT2D eigenvalue weighted by Gasteiger charge is -2.61. The third kappa shape index (κ3) is 5.31. The Kier molecular flexibility index (Phi) is 8.16. The summed E-state index contributed by atoms with van der Waals surface area (Å²) in [6, 6.07) is 19.1. The van der Waals surface area contributed by atoms with Gasteiger partial charge in [-0.1, -0.05) is 66.7 Å². The van der Waals surface area contributed by atoms with E-state index in [2.05, 4.69) is 4.90 Å². The first-order chi connectivity index (χ1) is 23.5. The number of likely N-dealkylation sites (tertiary alicyclic amines) is 1. The summed E-state index contributed by atoms with van der Waals surface area (Å²) in [5.74, 6) is -3.75. The van der Waals surface area contributed by atoms with E-state index in [4.69, 9.17) is 18.9 Å². The Hall–Kier alpha value is -5.20. The van der Waals surface area contributed by atoms with Gasteiger partial charge in [0.15, 0.2) is 17.6 Å². The highest BCUT2D eigenvalue weighted by Crippen LogP contribution is 2.65. The van der Waals surface area contributed by atoms with Crippen molar-refractivity contribution in [3.63, 3.8) is 0 Å². The van der Waals surface area contributed by atoms with Crippen molar-refractivity contribution in [1.29, 1.82) is 0 Å². The lowest BCUT2D eigenvalue weighted by Crippen LogP contribution is -2.74. The quantitative estimate of drug-likeness (QED) is 0.212. The highest BCUT2D eigenvalue weighted by molar-refractivity contribution is 5.85. The molecular formula is C37H35NO11. The number of rotatable bonds is 10. The number of ether oxygens (including phenoxy) is 4. The maximum atomic E-state index is 13.3. The number of phenolic OH excluding ortho intramolecular Hbond substituents is 1. The zero-order chi connectivity index (χ0) is 34.5. The van der Waals surface area contributed by atoms with Gasteiger partial charge in [-0.15, -0.1) is 0 Å². The minimum Gasteiger partial charge on any atom is -0.504 e. The molecule has 2 aliphatic heterocycles. The summed E-state index contributed by atoms with van der Waals surface area (Å²) >= 11 is 0. The van der Waals surface area contributed by atoms with Gasteiger partial charge in [-0.3, -0.25) is 9.59 Å². The molecule has 254 valence electrons. The molecule has 0 radical (unpaired) electrons. The highest BCUT2D eigenvalue weighted by Gasteiger charge is 2.72. The Balaban J connectivity index is 1.05. The zero-order valence-electron chi connectivity index (χ0n) is 26.6. The molecular weight excluding hydrogens is 634 g/mol. The van der Waals surface area contributed by atoms with E-state index in [1.807, 2.05) is 13.1 Å². The van der Waals surface area contributed by atoms with Gasteiger partial charge in [0.25, 0.3) is 0 Å². The Labute approximate surface area is 281 Å². The molecule has 12 heteroatoms. The molecule has 6 atom stereocenters. The molecule has 2 aliphatic carbocycles. The normalized spacial score (nSPS) is 25.9. The van der Waals surface area contributed by atoms with Crippen molar-refractivity contribution in [3.8, 4) is 11.5 Å². The number of hydrogen-bond donors (Lipinski definition) is 3. The van der Waals surface area contributed by atoms with Crippen LogP contribution in [0.1, 0.15) is 60.1 Å². The minimum absolute atomic E-state index is 0.0550. The van der Waals surface area contributed by atoms with Crippen LogP contribution in [0.15, 0.2) is 84.6 Å². The number of carboxylic acids is 1. The monoisotopic (exact) mass is 669 g/mol. The Morgan fingerprint density at radius 2 is 1.57 bits per heavy atom. The summed E-state index contributed by atoms with van der Waals surface area (Å²) in [7, 11) is 1.97. The molecule has 1 fully saturated rings. The molecule has 1 spiro atoms. The summed E-state index contributed by atoms with van der Waals surface area (Å²) in [4.78, 5) is 53.6. The molecule has 0 unspecified atom stereocenters. The van der Waals surface area contributed by atoms with Crippen LogP contribution in [0.5, 0.6) is 11.5 Å². The topological polar surface area (TPSA) is 169 Å². The SMILES string of the molecule is CN1CC[C@]23c4c5ccc(O)c4O[C@H]2C(OC(=O)CCC(=O)O[C@H](C(=O)O[C@H](C(=O)O)c2ccccc2)c2ccccc2)=CC[C@@]3(O)[C@@H]1C5. The molecule has 2 heterocycles. The molecule has 0 saturated carbocycles. The lowest BCUT2D eigenvalue weighted by molar-refractivity contribution is -0.178. The first kappa shape index (κ1) is 32.4.